The number of nitrogens with zero attached hydrogens (tertiary/aromatic N) is 4. The van der Waals surface area contributed by atoms with Crippen LogP contribution in [0.3, 0.4) is 0 Å². The number of carbonyl (C=O) groups excluding carboxylic acids is 1. The van der Waals surface area contributed by atoms with Crippen molar-refractivity contribution in [2.75, 3.05) is 24.5 Å². The van der Waals surface area contributed by atoms with E-state index in [0.29, 0.717) is 52.2 Å². The van der Waals surface area contributed by atoms with Gasteiger partial charge < -0.3 is 14.7 Å². The van der Waals surface area contributed by atoms with E-state index in [-0.39, 0.29) is 42.2 Å². The number of ether oxygens (including phenoxy) is 1. The van der Waals surface area contributed by atoms with Crippen LogP contribution >= 0.6 is 24.0 Å². The third kappa shape index (κ3) is 5.99. The molecule has 0 radical (unpaired) electrons. The fraction of sp³-hybridized carbons (Fsp3) is 0.560. The van der Waals surface area contributed by atoms with Crippen molar-refractivity contribution in [3.05, 3.63) is 31.9 Å². The number of hydrogen-bond acceptors (Lipinski definition) is 8. The number of morpholine rings is 1. The molecule has 0 spiro atoms. The van der Waals surface area contributed by atoms with Gasteiger partial charge in [0.1, 0.15) is 21.8 Å². The van der Waals surface area contributed by atoms with Crippen molar-refractivity contribution < 1.29 is 19.4 Å². The average molecular weight is 533 g/mol. The van der Waals surface area contributed by atoms with Crippen LogP contribution in [0.4, 0.5) is 5.82 Å². The zero-order chi connectivity index (χ0) is 26.6. The Hall–Kier alpha value is -2.68. The fourth-order valence-corrected chi connectivity index (χ4v) is 5.86. The predicted molar refractivity (Wildman–Crippen MR) is 144 cm³/mol. The standard InChI is InChI=1S/C25H32N4O5S2/c1-5-6-9-28-22(27-13-15(2)34-16(3)14-27)18(17(4)19(12-26)23(28)32)11-20-24(33)29(25(35)36-20)10-7-8-21(30)31/h11,15-16H,5-10,13-14H2,1-4H3,(H,30,31)/b20-11-. The number of thiocarbonyl (C=S) groups is 1. The maximum atomic E-state index is 13.4. The monoisotopic (exact) mass is 532 g/mol. The van der Waals surface area contributed by atoms with Crippen LogP contribution in [0, 0.1) is 18.3 Å². The van der Waals surface area contributed by atoms with E-state index >= 15 is 0 Å². The smallest absolute Gasteiger partial charge is 0.303 e. The Balaban J connectivity index is 2.15. The molecular formula is C25H32N4O5S2. The van der Waals surface area contributed by atoms with Gasteiger partial charge in [0.05, 0.1) is 17.1 Å². The third-order valence-electron chi connectivity index (χ3n) is 6.22. The van der Waals surface area contributed by atoms with E-state index in [2.05, 4.69) is 11.0 Å². The maximum Gasteiger partial charge on any atom is 0.303 e. The minimum Gasteiger partial charge on any atom is -0.481 e. The number of carbonyl (C=O) groups is 2. The van der Waals surface area contributed by atoms with Crippen LogP contribution in [0.2, 0.25) is 0 Å². The zero-order valence-corrected chi connectivity index (χ0v) is 22.7. The van der Waals surface area contributed by atoms with E-state index in [9.17, 15) is 19.6 Å². The minimum absolute atomic E-state index is 0.0549. The number of pyridine rings is 1. The first-order valence-corrected chi connectivity index (χ1v) is 13.4. The highest BCUT2D eigenvalue weighted by molar-refractivity contribution is 8.26. The molecule has 11 heteroatoms. The van der Waals surface area contributed by atoms with Crippen molar-refractivity contribution >= 4 is 52.1 Å². The van der Waals surface area contributed by atoms with Crippen LogP contribution in [0.25, 0.3) is 6.08 Å². The number of rotatable bonds is 9. The van der Waals surface area contributed by atoms with Gasteiger partial charge in [-0.25, -0.2) is 0 Å². The third-order valence-corrected chi connectivity index (χ3v) is 7.60. The SMILES string of the molecule is CCCCn1c(N2CC(C)OC(C)C2)c(/C=C2\SC(=S)N(CCCC(=O)O)C2=O)c(C)c(C#N)c1=O. The Morgan fingerprint density at radius 1 is 1.25 bits per heavy atom. The fourth-order valence-electron chi connectivity index (χ4n) is 4.57. The molecule has 2 aliphatic rings. The number of nitriles is 1. The van der Waals surface area contributed by atoms with Gasteiger partial charge in [0, 0.05) is 38.2 Å². The summed E-state index contributed by atoms with van der Waals surface area (Å²) in [6.45, 7) is 9.55. The highest BCUT2D eigenvalue weighted by Crippen LogP contribution is 2.36. The van der Waals surface area contributed by atoms with Gasteiger partial charge >= 0.3 is 5.97 Å². The van der Waals surface area contributed by atoms with E-state index in [1.807, 2.05) is 20.8 Å². The molecule has 0 aromatic carbocycles. The van der Waals surface area contributed by atoms with E-state index in [1.54, 1.807) is 17.6 Å². The summed E-state index contributed by atoms with van der Waals surface area (Å²) in [5.41, 5.74) is 0.902. The van der Waals surface area contributed by atoms with Crippen molar-refractivity contribution in [3.8, 4) is 6.07 Å². The average Bonchev–Trinajstić information content (AvgIpc) is 3.06. The molecular weight excluding hydrogens is 500 g/mol. The topological polar surface area (TPSA) is 116 Å². The molecule has 0 bridgehead atoms. The molecule has 2 saturated heterocycles. The first kappa shape index (κ1) is 27.9. The number of amides is 1. The molecule has 1 amide bonds. The van der Waals surface area contributed by atoms with E-state index in [4.69, 9.17) is 22.1 Å². The van der Waals surface area contributed by atoms with Gasteiger partial charge in [0.25, 0.3) is 11.5 Å². The molecule has 2 aliphatic heterocycles. The quantitative estimate of drug-likeness (QED) is 0.377. The molecule has 0 aliphatic carbocycles. The zero-order valence-electron chi connectivity index (χ0n) is 21.1. The summed E-state index contributed by atoms with van der Waals surface area (Å²) in [6.07, 6.45) is 3.50. The number of carboxylic acids is 1. The molecule has 1 N–H and O–H groups in total. The Labute approximate surface area is 220 Å². The van der Waals surface area contributed by atoms with Gasteiger partial charge in [0.15, 0.2) is 0 Å². The predicted octanol–water partition coefficient (Wildman–Crippen LogP) is 3.51. The molecule has 2 unspecified atom stereocenters. The Morgan fingerprint density at radius 3 is 2.50 bits per heavy atom. The number of aromatic nitrogens is 1. The molecule has 2 atom stereocenters. The second-order valence-corrected chi connectivity index (χ2v) is 10.8. The molecule has 194 valence electrons. The number of unbranched alkanes of at least 4 members (excludes halogenated alkanes) is 1. The Kier molecular flexibility index (Phi) is 9.33. The lowest BCUT2D eigenvalue weighted by Gasteiger charge is -2.39. The molecule has 36 heavy (non-hydrogen) atoms. The highest BCUT2D eigenvalue weighted by atomic mass is 32.2. The first-order valence-electron chi connectivity index (χ1n) is 12.1. The van der Waals surface area contributed by atoms with Crippen molar-refractivity contribution in [1.82, 2.24) is 9.47 Å². The molecule has 9 nitrogen and oxygen atoms in total. The minimum atomic E-state index is -0.927. The lowest BCUT2D eigenvalue weighted by atomic mass is 10.0. The van der Waals surface area contributed by atoms with Crippen LogP contribution in [-0.4, -0.2) is 62.6 Å². The second kappa shape index (κ2) is 12.0. The number of hydrogen-bond donors (Lipinski definition) is 1. The molecule has 0 saturated carbocycles. The van der Waals surface area contributed by atoms with Gasteiger partial charge in [-0.1, -0.05) is 37.3 Å². The van der Waals surface area contributed by atoms with Crippen LogP contribution in [0.5, 0.6) is 0 Å². The summed E-state index contributed by atoms with van der Waals surface area (Å²) in [5.74, 6) is -0.541. The molecule has 1 aromatic rings. The first-order chi connectivity index (χ1) is 17.1. The van der Waals surface area contributed by atoms with Crippen LogP contribution in [-0.2, 0) is 20.9 Å². The molecule has 2 fully saturated rings. The molecule has 3 rings (SSSR count). The summed E-state index contributed by atoms with van der Waals surface area (Å²) in [5, 5.41) is 18.8. The summed E-state index contributed by atoms with van der Waals surface area (Å²) in [7, 11) is 0. The largest absolute Gasteiger partial charge is 0.481 e. The van der Waals surface area contributed by atoms with Crippen LogP contribution in [0.1, 0.15) is 63.1 Å². The molecule has 1 aromatic heterocycles. The van der Waals surface area contributed by atoms with E-state index in [1.165, 1.54) is 4.90 Å². The number of aliphatic carboxylic acids is 1. The van der Waals surface area contributed by atoms with Crippen LogP contribution in [0.15, 0.2) is 9.70 Å². The van der Waals surface area contributed by atoms with Crippen molar-refractivity contribution in [1.29, 1.82) is 5.26 Å². The maximum absolute atomic E-state index is 13.4. The lowest BCUT2D eigenvalue weighted by Crippen LogP contribution is -2.48. The summed E-state index contributed by atoms with van der Waals surface area (Å²) >= 11 is 6.56. The van der Waals surface area contributed by atoms with E-state index < -0.39 is 5.97 Å². The van der Waals surface area contributed by atoms with Gasteiger partial charge in [-0.2, -0.15) is 5.26 Å². The normalized spacial score (nSPS) is 21.4. The van der Waals surface area contributed by atoms with Gasteiger partial charge in [-0.15, -0.1) is 0 Å². The van der Waals surface area contributed by atoms with Gasteiger partial charge in [0.2, 0.25) is 0 Å². The van der Waals surface area contributed by atoms with Crippen LogP contribution < -0.4 is 10.5 Å². The van der Waals surface area contributed by atoms with Gasteiger partial charge in [-0.3, -0.25) is 23.9 Å². The van der Waals surface area contributed by atoms with Crippen molar-refractivity contribution in [2.24, 2.45) is 0 Å². The second-order valence-electron chi connectivity index (χ2n) is 9.15. The van der Waals surface area contributed by atoms with Gasteiger partial charge in [-0.05, 0) is 45.3 Å². The Bertz CT molecular complexity index is 1180. The summed E-state index contributed by atoms with van der Waals surface area (Å²) in [4.78, 5) is 41.4. The highest BCUT2D eigenvalue weighted by Gasteiger charge is 2.34. The summed E-state index contributed by atoms with van der Waals surface area (Å²) < 4.78 is 7.95. The van der Waals surface area contributed by atoms with Crippen molar-refractivity contribution in [3.63, 3.8) is 0 Å². The summed E-state index contributed by atoms with van der Waals surface area (Å²) in [6, 6.07) is 2.07. The Morgan fingerprint density at radius 2 is 1.92 bits per heavy atom. The number of carboxylic acid groups (broad SMARTS) is 1. The number of anilines is 1. The van der Waals surface area contributed by atoms with E-state index in [0.717, 1.165) is 24.6 Å². The van der Waals surface area contributed by atoms with Crippen molar-refractivity contribution in [2.45, 2.75) is 72.1 Å². The lowest BCUT2D eigenvalue weighted by molar-refractivity contribution is -0.137. The number of thioether (sulfide) groups is 1. The molecule has 3 heterocycles.